The van der Waals surface area contributed by atoms with Crippen LogP contribution in [0, 0.1) is 10.1 Å². The third-order valence-corrected chi connectivity index (χ3v) is 3.65. The molecule has 1 aromatic carbocycles. The lowest BCUT2D eigenvalue weighted by Crippen LogP contribution is -2.25. The Kier molecular flexibility index (Phi) is 5.32. The van der Waals surface area contributed by atoms with E-state index in [-0.39, 0.29) is 11.4 Å². The second-order valence-electron chi connectivity index (χ2n) is 4.63. The Balaban J connectivity index is 3.05. The smallest absolute Gasteiger partial charge is 0.315 e. The van der Waals surface area contributed by atoms with E-state index in [9.17, 15) is 18.5 Å². The molecule has 0 saturated heterocycles. The van der Waals surface area contributed by atoms with Crippen LogP contribution in [0.5, 0.6) is 0 Å². The van der Waals surface area contributed by atoms with Gasteiger partial charge in [-0.25, -0.2) is 8.42 Å². The minimum absolute atomic E-state index is 0.0744. The van der Waals surface area contributed by atoms with Gasteiger partial charge >= 0.3 is 5.69 Å². The number of nitro benzene ring substituents is 1. The van der Waals surface area contributed by atoms with Crippen LogP contribution in [-0.2, 0) is 9.84 Å². The molecule has 1 aromatic rings. The second-order valence-corrected chi connectivity index (χ2v) is 6.81. The molecule has 0 heterocycles. The van der Waals surface area contributed by atoms with Crippen LogP contribution < -0.4 is 10.6 Å². The summed E-state index contributed by atoms with van der Waals surface area (Å²) in [5, 5.41) is 17.0. The molecule has 1 unspecified atom stereocenters. The fourth-order valence-electron chi connectivity index (χ4n) is 1.95. The normalized spacial score (nSPS) is 12.8. The number of nitrogens with one attached hydrogen (secondary N) is 2. The van der Waals surface area contributed by atoms with E-state index in [0.717, 1.165) is 6.26 Å². The number of hydrogen-bond acceptors (Lipinski definition) is 6. The molecule has 20 heavy (non-hydrogen) atoms. The van der Waals surface area contributed by atoms with Crippen molar-refractivity contribution >= 4 is 26.9 Å². The Morgan fingerprint density at radius 1 is 1.35 bits per heavy atom. The largest absolute Gasteiger partial charge is 0.380 e. The number of nitro groups is 1. The van der Waals surface area contributed by atoms with Crippen LogP contribution in [0.4, 0.5) is 17.1 Å². The van der Waals surface area contributed by atoms with Gasteiger partial charge in [0, 0.05) is 18.8 Å². The molecule has 2 N–H and O–H groups in total. The lowest BCUT2D eigenvalue weighted by atomic mass is 10.2. The molecule has 0 fully saturated rings. The van der Waals surface area contributed by atoms with Gasteiger partial charge in [0.25, 0.3) is 0 Å². The standard InChI is InChI=1S/C12H19N3O4S/c1-4-13-10-6-5-7-11(12(10)15(16)17)14-9(2)8-20(3,18)19/h5-7,9,13-14H,4,8H2,1-3H3. The van der Waals surface area contributed by atoms with Crippen molar-refractivity contribution in [2.24, 2.45) is 0 Å². The highest BCUT2D eigenvalue weighted by Gasteiger charge is 2.21. The van der Waals surface area contributed by atoms with Gasteiger partial charge < -0.3 is 10.6 Å². The average Bonchev–Trinajstić information content (AvgIpc) is 2.26. The topological polar surface area (TPSA) is 101 Å². The highest BCUT2D eigenvalue weighted by molar-refractivity contribution is 7.90. The molecule has 1 rings (SSSR count). The molecule has 0 amide bonds. The fraction of sp³-hybridized carbons (Fsp3) is 0.500. The third-order valence-electron chi connectivity index (χ3n) is 2.54. The van der Waals surface area contributed by atoms with E-state index in [1.54, 1.807) is 25.1 Å². The zero-order chi connectivity index (χ0) is 15.3. The van der Waals surface area contributed by atoms with E-state index in [1.807, 2.05) is 6.92 Å². The van der Waals surface area contributed by atoms with Crippen LogP contribution in [0.1, 0.15) is 13.8 Å². The summed E-state index contributed by atoms with van der Waals surface area (Å²) in [6.07, 6.45) is 1.13. The molecule has 0 aliphatic carbocycles. The monoisotopic (exact) mass is 301 g/mol. The number of para-hydroxylation sites is 1. The van der Waals surface area contributed by atoms with Gasteiger partial charge in [0.05, 0.1) is 10.7 Å². The molecular formula is C12H19N3O4S. The zero-order valence-electron chi connectivity index (χ0n) is 11.7. The summed E-state index contributed by atoms with van der Waals surface area (Å²) >= 11 is 0. The fourth-order valence-corrected chi connectivity index (χ4v) is 2.94. The van der Waals surface area contributed by atoms with Gasteiger partial charge in [-0.2, -0.15) is 0 Å². The number of benzene rings is 1. The van der Waals surface area contributed by atoms with Gasteiger partial charge in [-0.1, -0.05) is 6.07 Å². The summed E-state index contributed by atoms with van der Waals surface area (Å²) < 4.78 is 22.5. The van der Waals surface area contributed by atoms with Gasteiger partial charge in [-0.15, -0.1) is 0 Å². The first kappa shape index (κ1) is 16.2. The number of nitrogens with zero attached hydrogens (tertiary/aromatic N) is 1. The Morgan fingerprint density at radius 2 is 1.95 bits per heavy atom. The Morgan fingerprint density at radius 3 is 2.45 bits per heavy atom. The molecule has 112 valence electrons. The van der Waals surface area contributed by atoms with Gasteiger partial charge in [0.1, 0.15) is 21.2 Å². The minimum Gasteiger partial charge on any atom is -0.380 e. The van der Waals surface area contributed by atoms with Crippen LogP contribution in [0.15, 0.2) is 18.2 Å². The summed E-state index contributed by atoms with van der Waals surface area (Å²) in [7, 11) is -3.14. The first-order valence-electron chi connectivity index (χ1n) is 6.20. The predicted molar refractivity (Wildman–Crippen MR) is 80.1 cm³/mol. The molecular weight excluding hydrogens is 282 g/mol. The van der Waals surface area contributed by atoms with Crippen molar-refractivity contribution in [2.45, 2.75) is 19.9 Å². The Labute approximate surface area is 118 Å². The number of rotatable bonds is 7. The average molecular weight is 301 g/mol. The summed E-state index contributed by atoms with van der Waals surface area (Å²) in [4.78, 5) is 10.7. The highest BCUT2D eigenvalue weighted by atomic mass is 32.2. The van der Waals surface area contributed by atoms with Crippen molar-refractivity contribution in [3.63, 3.8) is 0 Å². The van der Waals surface area contributed by atoms with E-state index >= 15 is 0 Å². The zero-order valence-corrected chi connectivity index (χ0v) is 12.5. The number of sulfone groups is 1. The van der Waals surface area contributed by atoms with E-state index in [1.165, 1.54) is 0 Å². The highest BCUT2D eigenvalue weighted by Crippen LogP contribution is 2.33. The van der Waals surface area contributed by atoms with Crippen molar-refractivity contribution in [3.8, 4) is 0 Å². The summed E-state index contributed by atoms with van der Waals surface area (Å²) in [5.41, 5.74) is 0.647. The maximum atomic E-state index is 11.2. The Hall–Kier alpha value is -1.83. The lowest BCUT2D eigenvalue weighted by Gasteiger charge is -2.15. The summed E-state index contributed by atoms with van der Waals surface area (Å²) in [6.45, 7) is 4.07. The molecule has 0 radical (unpaired) electrons. The predicted octanol–water partition coefficient (Wildman–Crippen LogP) is 1.87. The van der Waals surface area contributed by atoms with E-state index < -0.39 is 20.8 Å². The molecule has 0 aromatic heterocycles. The van der Waals surface area contributed by atoms with Crippen LogP contribution in [0.2, 0.25) is 0 Å². The van der Waals surface area contributed by atoms with Crippen LogP contribution in [-0.4, -0.2) is 37.9 Å². The maximum absolute atomic E-state index is 11.2. The van der Waals surface area contributed by atoms with Crippen molar-refractivity contribution in [2.75, 3.05) is 29.2 Å². The molecule has 8 heteroatoms. The molecule has 0 spiro atoms. The van der Waals surface area contributed by atoms with Crippen LogP contribution >= 0.6 is 0 Å². The van der Waals surface area contributed by atoms with Crippen molar-refractivity contribution in [3.05, 3.63) is 28.3 Å². The van der Waals surface area contributed by atoms with Crippen LogP contribution in [0.3, 0.4) is 0 Å². The second kappa shape index (κ2) is 6.56. The molecule has 0 saturated carbocycles. The first-order chi connectivity index (χ1) is 9.24. The van der Waals surface area contributed by atoms with E-state index in [2.05, 4.69) is 10.6 Å². The van der Waals surface area contributed by atoms with Gasteiger partial charge in [0.2, 0.25) is 0 Å². The lowest BCUT2D eigenvalue weighted by molar-refractivity contribution is -0.383. The Bertz CT molecular complexity index is 586. The van der Waals surface area contributed by atoms with Gasteiger partial charge in [-0.05, 0) is 26.0 Å². The molecule has 0 aliphatic rings. The van der Waals surface area contributed by atoms with Crippen molar-refractivity contribution < 1.29 is 13.3 Å². The van der Waals surface area contributed by atoms with Gasteiger partial charge in [-0.3, -0.25) is 10.1 Å². The summed E-state index contributed by atoms with van der Waals surface area (Å²) in [6, 6.07) is 4.45. The maximum Gasteiger partial charge on any atom is 0.315 e. The quantitative estimate of drug-likeness (QED) is 0.589. The molecule has 0 bridgehead atoms. The SMILES string of the molecule is CCNc1cccc(NC(C)CS(C)(=O)=O)c1[N+](=O)[O-]. The number of hydrogen-bond donors (Lipinski definition) is 2. The first-order valence-corrected chi connectivity index (χ1v) is 8.26. The minimum atomic E-state index is -3.14. The summed E-state index contributed by atoms with van der Waals surface area (Å²) in [5.74, 6) is -0.0877. The van der Waals surface area contributed by atoms with Crippen LogP contribution in [0.25, 0.3) is 0 Å². The number of anilines is 2. The molecule has 1 atom stereocenters. The molecule has 0 aliphatic heterocycles. The molecule has 7 nitrogen and oxygen atoms in total. The van der Waals surface area contributed by atoms with E-state index in [4.69, 9.17) is 0 Å². The van der Waals surface area contributed by atoms with E-state index in [0.29, 0.717) is 17.9 Å². The van der Waals surface area contributed by atoms with Gasteiger partial charge in [0.15, 0.2) is 0 Å². The van der Waals surface area contributed by atoms with Crippen molar-refractivity contribution in [1.29, 1.82) is 0 Å². The third kappa shape index (κ3) is 4.69. The van der Waals surface area contributed by atoms with Crippen molar-refractivity contribution in [1.82, 2.24) is 0 Å².